The van der Waals surface area contributed by atoms with Gasteiger partial charge in [0.25, 0.3) is 0 Å². The molecular formula is C21H35N7O4. The number of nitrogens with zero attached hydrogens (tertiary/aromatic N) is 6. The van der Waals surface area contributed by atoms with E-state index in [9.17, 15) is 14.9 Å². The van der Waals surface area contributed by atoms with Gasteiger partial charge in [0.15, 0.2) is 5.96 Å². The smallest absolute Gasteiger partial charge is 0.410 e. The van der Waals surface area contributed by atoms with Crippen LogP contribution in [0.2, 0.25) is 0 Å². The van der Waals surface area contributed by atoms with Crippen LogP contribution in [-0.4, -0.2) is 81.4 Å². The number of aliphatic imine (C=N–C) groups is 1. The lowest BCUT2D eigenvalue weighted by molar-refractivity contribution is -0.385. The molecule has 1 aromatic rings. The molecule has 2 fully saturated rings. The third-order valence-electron chi connectivity index (χ3n) is 5.65. The molecule has 0 spiro atoms. The molecule has 2 heterocycles. The van der Waals surface area contributed by atoms with Crippen LogP contribution in [0.5, 0.6) is 0 Å². The summed E-state index contributed by atoms with van der Waals surface area (Å²) in [5.41, 5.74) is -0.516. The summed E-state index contributed by atoms with van der Waals surface area (Å²) in [5.74, 6) is 1.39. The van der Waals surface area contributed by atoms with Gasteiger partial charge in [0.2, 0.25) is 0 Å². The van der Waals surface area contributed by atoms with Crippen LogP contribution in [0.25, 0.3) is 0 Å². The fourth-order valence-electron chi connectivity index (χ4n) is 3.84. The summed E-state index contributed by atoms with van der Waals surface area (Å²) >= 11 is 0. The fourth-order valence-corrected chi connectivity index (χ4v) is 3.84. The summed E-state index contributed by atoms with van der Waals surface area (Å²) in [7, 11) is 1.74. The zero-order valence-corrected chi connectivity index (χ0v) is 19.5. The van der Waals surface area contributed by atoms with E-state index in [0.29, 0.717) is 19.0 Å². The average Bonchev–Trinajstić information content (AvgIpc) is 3.42. The molecular weight excluding hydrogens is 414 g/mol. The van der Waals surface area contributed by atoms with Crippen molar-refractivity contribution in [1.29, 1.82) is 0 Å². The first-order chi connectivity index (χ1) is 15.2. The Balaban J connectivity index is 1.49. The average molecular weight is 450 g/mol. The lowest BCUT2D eigenvalue weighted by Crippen LogP contribution is -2.52. The largest absolute Gasteiger partial charge is 0.444 e. The van der Waals surface area contributed by atoms with Gasteiger partial charge < -0.3 is 19.9 Å². The highest BCUT2D eigenvalue weighted by Gasteiger charge is 2.35. The van der Waals surface area contributed by atoms with Crippen LogP contribution < -0.4 is 5.32 Å². The lowest BCUT2D eigenvalue weighted by Gasteiger charge is -2.40. The van der Waals surface area contributed by atoms with Crippen LogP contribution in [0.4, 0.5) is 10.5 Å². The number of aromatic nitrogens is 2. The number of hydrogen-bond donors (Lipinski definition) is 1. The molecule has 3 rings (SSSR count). The van der Waals surface area contributed by atoms with Gasteiger partial charge in [-0.15, -0.1) is 0 Å². The normalized spacial score (nSPS) is 17.9. The van der Waals surface area contributed by atoms with Crippen molar-refractivity contribution in [1.82, 2.24) is 24.9 Å². The van der Waals surface area contributed by atoms with E-state index in [0.717, 1.165) is 38.4 Å². The molecule has 1 saturated heterocycles. The third-order valence-corrected chi connectivity index (χ3v) is 5.65. The van der Waals surface area contributed by atoms with Gasteiger partial charge in [0, 0.05) is 39.3 Å². The van der Waals surface area contributed by atoms with Crippen LogP contribution in [0.15, 0.2) is 17.4 Å². The predicted octanol–water partition coefficient (Wildman–Crippen LogP) is 2.48. The summed E-state index contributed by atoms with van der Waals surface area (Å²) < 4.78 is 7.22. The standard InChI is InChI=1S/C21H35N7O4/c1-21(2,3)32-20(29)27(14-16-5-6-16)17-7-10-25(11-8-17)19(22-4)23-9-12-26-15-18(13-24-26)28(30)31/h13,15-17H,5-12,14H2,1-4H3,(H,22,23). The minimum absolute atomic E-state index is 0.0165. The van der Waals surface area contributed by atoms with Gasteiger partial charge in [-0.05, 0) is 52.4 Å². The van der Waals surface area contributed by atoms with Gasteiger partial charge in [0.05, 0.1) is 11.5 Å². The van der Waals surface area contributed by atoms with Gasteiger partial charge in [-0.1, -0.05) is 0 Å². The molecule has 32 heavy (non-hydrogen) atoms. The minimum atomic E-state index is -0.499. The van der Waals surface area contributed by atoms with Crippen LogP contribution in [-0.2, 0) is 11.3 Å². The molecule has 11 nitrogen and oxygen atoms in total. The van der Waals surface area contributed by atoms with Crippen molar-refractivity contribution in [2.24, 2.45) is 10.9 Å². The van der Waals surface area contributed by atoms with E-state index in [-0.39, 0.29) is 17.8 Å². The topological polar surface area (TPSA) is 118 Å². The van der Waals surface area contributed by atoms with E-state index in [1.807, 2.05) is 25.7 Å². The number of piperidine rings is 1. The Bertz CT molecular complexity index is 820. The van der Waals surface area contributed by atoms with Crippen LogP contribution in [0.3, 0.4) is 0 Å². The molecule has 0 bridgehead atoms. The molecule has 1 aromatic heterocycles. The summed E-state index contributed by atoms with van der Waals surface area (Å²) in [6.45, 7) is 9.12. The number of guanidine groups is 1. The second-order valence-corrected chi connectivity index (χ2v) is 9.49. The third kappa shape index (κ3) is 6.83. The van der Waals surface area contributed by atoms with Crippen LogP contribution in [0.1, 0.15) is 46.5 Å². The Kier molecular flexibility index (Phi) is 7.57. The van der Waals surface area contributed by atoms with E-state index in [2.05, 4.69) is 20.3 Å². The molecule has 0 aromatic carbocycles. The van der Waals surface area contributed by atoms with Crippen molar-refractivity contribution in [3.8, 4) is 0 Å². The molecule has 2 aliphatic rings. The number of ether oxygens (including phenoxy) is 1. The SMILES string of the molecule is CN=C(NCCn1cc([N+](=O)[O-])cn1)N1CCC(N(CC2CC2)C(=O)OC(C)(C)C)CC1. The Hall–Kier alpha value is -2.85. The lowest BCUT2D eigenvalue weighted by atomic mass is 10.0. The number of hydrogen-bond acceptors (Lipinski definition) is 6. The maximum Gasteiger partial charge on any atom is 0.410 e. The summed E-state index contributed by atoms with van der Waals surface area (Å²) in [5, 5.41) is 18.1. The number of carbonyl (C=O) groups is 1. The molecule has 1 N–H and O–H groups in total. The first-order valence-corrected chi connectivity index (χ1v) is 11.3. The Morgan fingerprint density at radius 2 is 2.03 bits per heavy atom. The second kappa shape index (κ2) is 10.2. The number of amides is 1. The molecule has 0 atom stereocenters. The van der Waals surface area contributed by atoms with Crippen molar-refractivity contribution in [2.45, 2.75) is 64.6 Å². The summed E-state index contributed by atoms with van der Waals surface area (Å²) in [6, 6.07) is 0.171. The Morgan fingerprint density at radius 1 is 1.34 bits per heavy atom. The van der Waals surface area contributed by atoms with E-state index in [1.165, 1.54) is 25.2 Å². The molecule has 1 amide bonds. The number of carbonyl (C=O) groups excluding carboxylic acids is 1. The zero-order valence-electron chi connectivity index (χ0n) is 19.5. The highest BCUT2D eigenvalue weighted by atomic mass is 16.6. The van der Waals surface area contributed by atoms with Gasteiger partial charge in [0.1, 0.15) is 18.0 Å². The number of rotatable bonds is 7. The minimum Gasteiger partial charge on any atom is -0.444 e. The first-order valence-electron chi connectivity index (χ1n) is 11.3. The molecule has 1 aliphatic heterocycles. The van der Waals surface area contributed by atoms with Crippen LogP contribution in [0, 0.1) is 16.0 Å². The summed E-state index contributed by atoms with van der Waals surface area (Å²) in [4.78, 5) is 31.6. The van der Waals surface area contributed by atoms with Gasteiger partial charge >= 0.3 is 11.8 Å². The van der Waals surface area contributed by atoms with Crippen molar-refractivity contribution < 1.29 is 14.5 Å². The quantitative estimate of drug-likeness (QED) is 0.294. The Labute approximate surface area is 188 Å². The van der Waals surface area contributed by atoms with Crippen molar-refractivity contribution >= 4 is 17.7 Å². The summed E-state index contributed by atoms with van der Waals surface area (Å²) in [6.07, 6.45) is 6.55. The maximum absolute atomic E-state index is 12.8. The number of nitrogens with one attached hydrogen (secondary N) is 1. The van der Waals surface area contributed by atoms with Crippen molar-refractivity contribution in [3.63, 3.8) is 0 Å². The monoisotopic (exact) mass is 449 g/mol. The molecule has 0 radical (unpaired) electrons. The van der Waals surface area contributed by atoms with E-state index in [4.69, 9.17) is 4.74 Å². The molecule has 1 saturated carbocycles. The first kappa shape index (κ1) is 23.8. The number of nitro groups is 1. The van der Waals surface area contributed by atoms with Gasteiger partial charge in [-0.3, -0.25) is 19.8 Å². The van der Waals surface area contributed by atoms with E-state index < -0.39 is 10.5 Å². The highest BCUT2D eigenvalue weighted by molar-refractivity contribution is 5.80. The van der Waals surface area contributed by atoms with Crippen LogP contribution >= 0.6 is 0 Å². The van der Waals surface area contributed by atoms with E-state index >= 15 is 0 Å². The van der Waals surface area contributed by atoms with Gasteiger partial charge in [-0.2, -0.15) is 5.10 Å². The number of likely N-dealkylation sites (tertiary alicyclic amines) is 1. The molecule has 11 heteroatoms. The van der Waals surface area contributed by atoms with E-state index in [1.54, 1.807) is 11.7 Å². The highest BCUT2D eigenvalue weighted by Crippen LogP contribution is 2.32. The Morgan fingerprint density at radius 3 is 2.56 bits per heavy atom. The molecule has 0 unspecified atom stereocenters. The van der Waals surface area contributed by atoms with Crippen molar-refractivity contribution in [2.75, 3.05) is 33.2 Å². The second-order valence-electron chi connectivity index (χ2n) is 9.49. The maximum atomic E-state index is 12.8. The van der Waals surface area contributed by atoms with Crippen molar-refractivity contribution in [3.05, 3.63) is 22.5 Å². The zero-order chi connectivity index (χ0) is 23.3. The van der Waals surface area contributed by atoms with Gasteiger partial charge in [-0.25, -0.2) is 4.79 Å². The predicted molar refractivity (Wildman–Crippen MR) is 121 cm³/mol. The molecule has 1 aliphatic carbocycles. The fraction of sp³-hybridized carbons (Fsp3) is 0.762. The molecule has 178 valence electrons.